The topological polar surface area (TPSA) is 0 Å². The third-order valence-electron chi connectivity index (χ3n) is 2.11. The molecule has 0 atom stereocenters. The Bertz CT molecular complexity index is 537. The van der Waals surface area contributed by atoms with Crippen LogP contribution < -0.4 is 0 Å². The number of fused-ring (bicyclic) bond motifs is 1. The summed E-state index contributed by atoms with van der Waals surface area (Å²) in [5.41, 5.74) is 0. The third kappa shape index (κ3) is 1.96. The molecule has 0 bridgehead atoms. The van der Waals surface area contributed by atoms with Gasteiger partial charge in [0.15, 0.2) is 0 Å². The molecule has 6 heteroatoms. The van der Waals surface area contributed by atoms with Gasteiger partial charge in [0.1, 0.15) is 0 Å². The second kappa shape index (κ2) is 4.61. The van der Waals surface area contributed by atoms with Crippen LogP contribution in [-0.2, 0) is 0 Å². The Morgan fingerprint density at radius 1 is 0.500 bits per heavy atom. The largest absolute Gasteiger partial charge is 0.0826 e. The fourth-order valence-electron chi connectivity index (χ4n) is 1.35. The highest BCUT2D eigenvalue weighted by molar-refractivity contribution is 6.54. The van der Waals surface area contributed by atoms with Crippen LogP contribution in [0.4, 0.5) is 0 Å². The Morgan fingerprint density at radius 3 is 1.12 bits per heavy atom. The van der Waals surface area contributed by atoms with Crippen molar-refractivity contribution in [2.45, 2.75) is 0 Å². The molecule has 0 nitrogen and oxygen atoms in total. The summed E-state index contributed by atoms with van der Waals surface area (Å²) in [6.45, 7) is 0. The maximum atomic E-state index is 6.05. The van der Waals surface area contributed by atoms with Gasteiger partial charge in [-0.15, -0.1) is 0 Å². The summed E-state index contributed by atoms with van der Waals surface area (Å²) >= 11 is 35.7. The SMILES string of the molecule is Clc1[13cH][13c]2[13c](Cl)[13c](Cl)[13c](Cl)[13cH][13c]2[13c](Cl)c1Cl. The first-order valence-corrected chi connectivity index (χ1v) is 6.31. The second-order valence-electron chi connectivity index (χ2n) is 3.07. The Morgan fingerprint density at radius 2 is 0.812 bits per heavy atom. The predicted molar refractivity (Wildman–Crippen MR) is 74.0 cm³/mol. The van der Waals surface area contributed by atoms with Crippen LogP contribution in [0.25, 0.3) is 10.8 Å². The van der Waals surface area contributed by atoms with Crippen LogP contribution in [0.2, 0.25) is 30.1 Å². The molecule has 2 aromatic carbocycles. The van der Waals surface area contributed by atoms with Crippen LogP contribution in [0, 0.1) is 0 Å². The summed E-state index contributed by atoms with van der Waals surface area (Å²) in [5, 5.41) is 3.04. The van der Waals surface area contributed by atoms with E-state index in [-0.39, 0.29) is 10.0 Å². The summed E-state index contributed by atoms with van der Waals surface area (Å²) in [4.78, 5) is 0. The van der Waals surface area contributed by atoms with E-state index in [4.69, 9.17) is 69.6 Å². The molecule has 16 heavy (non-hydrogen) atoms. The first kappa shape index (κ1) is 12.9. The zero-order valence-electron chi connectivity index (χ0n) is 7.42. The number of benzene rings is 2. The lowest BCUT2D eigenvalue weighted by Crippen LogP contribution is -1.82. The summed E-state index contributed by atoms with van der Waals surface area (Å²) in [6.07, 6.45) is 0. The zero-order valence-corrected chi connectivity index (χ0v) is 12.0. The van der Waals surface area contributed by atoms with Crippen molar-refractivity contribution in [3.8, 4) is 0 Å². The quantitative estimate of drug-likeness (QED) is 0.464. The van der Waals surface area contributed by atoms with Crippen molar-refractivity contribution in [2.75, 3.05) is 0 Å². The van der Waals surface area contributed by atoms with E-state index in [2.05, 4.69) is 0 Å². The number of halogens is 6. The zero-order chi connectivity index (χ0) is 12.0. The predicted octanol–water partition coefficient (Wildman–Crippen LogP) is 6.76. The molecule has 0 aliphatic heterocycles. The molecule has 0 N–H and O–H groups in total. The van der Waals surface area contributed by atoms with Crippen molar-refractivity contribution in [1.29, 1.82) is 0 Å². The molecule has 84 valence electrons. The van der Waals surface area contributed by atoms with Gasteiger partial charge in [-0.3, -0.25) is 0 Å². The Balaban J connectivity index is 3.02. The number of hydrogen-bond acceptors (Lipinski definition) is 0. The van der Waals surface area contributed by atoms with E-state index in [9.17, 15) is 0 Å². The minimum atomic E-state index is 0.269. The molecule has 0 fully saturated rings. The average Bonchev–Trinajstić information content (AvgIpc) is 2.25. The fourth-order valence-corrected chi connectivity index (χ4v) is 2.68. The van der Waals surface area contributed by atoms with Crippen LogP contribution in [-0.4, -0.2) is 0 Å². The molecule has 0 saturated heterocycles. The molecule has 0 aliphatic rings. The standard InChI is InChI=1S/C10H2Cl6/c11-5-1-3-4(8(14)9(5)15)2-6(12)10(16)7(3)13/h1-2H/i1+1,2+1,3+1,4+1,5+1,7+1,8+1,9+1. The first-order valence-electron chi connectivity index (χ1n) is 4.04. The smallest absolute Gasteiger partial charge is 0.0785 e. The summed E-state index contributed by atoms with van der Waals surface area (Å²) in [6, 6.07) is 3.21. The number of hydrogen-bond donors (Lipinski definition) is 0. The van der Waals surface area contributed by atoms with Gasteiger partial charge < -0.3 is 0 Å². The molecular weight excluding hydrogens is 341 g/mol. The van der Waals surface area contributed by atoms with Crippen molar-refractivity contribution in [3.05, 3.63) is 42.3 Å². The summed E-state index contributed by atoms with van der Waals surface area (Å²) in [7, 11) is 0. The van der Waals surface area contributed by atoms with E-state index in [1.54, 1.807) is 12.1 Å². The van der Waals surface area contributed by atoms with E-state index >= 15 is 0 Å². The Kier molecular flexibility index (Phi) is 3.71. The molecule has 2 aromatic rings. The van der Waals surface area contributed by atoms with Gasteiger partial charge in [0.05, 0.1) is 30.1 Å². The van der Waals surface area contributed by atoms with Gasteiger partial charge in [0.25, 0.3) is 0 Å². The molecule has 0 amide bonds. The van der Waals surface area contributed by atoms with Crippen LogP contribution >= 0.6 is 69.6 Å². The maximum Gasteiger partial charge on any atom is 0.0785 e. The second-order valence-corrected chi connectivity index (χ2v) is 5.39. The molecule has 0 aromatic heterocycles. The van der Waals surface area contributed by atoms with E-state index in [1.165, 1.54) is 0 Å². The lowest BCUT2D eigenvalue weighted by atomic mass is 10.7. The first-order chi connectivity index (χ1) is 7.43. The Labute approximate surface area is 122 Å². The third-order valence-corrected chi connectivity index (χ3v) is 4.66. The van der Waals surface area contributed by atoms with Gasteiger partial charge in [0, 0.05) is 10.8 Å². The minimum absolute atomic E-state index is 0.269. The molecule has 0 aliphatic carbocycles. The van der Waals surface area contributed by atoms with Gasteiger partial charge in [-0.1, -0.05) is 69.6 Å². The lowest BCUT2D eigenvalue weighted by Gasteiger charge is -2.09. The Hall–Kier alpha value is 0.440. The molecule has 0 spiro atoms. The van der Waals surface area contributed by atoms with Gasteiger partial charge in [-0.2, -0.15) is 0 Å². The van der Waals surface area contributed by atoms with Crippen LogP contribution in [0.15, 0.2) is 12.1 Å². The van der Waals surface area contributed by atoms with Gasteiger partial charge >= 0.3 is 0 Å². The van der Waals surface area contributed by atoms with E-state index in [1.807, 2.05) is 0 Å². The van der Waals surface area contributed by atoms with Crippen molar-refractivity contribution < 1.29 is 0 Å². The van der Waals surface area contributed by atoms with Gasteiger partial charge in [0.2, 0.25) is 0 Å². The van der Waals surface area contributed by atoms with Gasteiger partial charge in [-0.05, 0) is 12.1 Å². The highest BCUT2D eigenvalue weighted by Gasteiger charge is 2.15. The average molecular weight is 343 g/mol. The highest BCUT2D eigenvalue weighted by atomic mass is 35.5. The van der Waals surface area contributed by atoms with E-state index in [0.29, 0.717) is 30.9 Å². The monoisotopic (exact) mass is 340 g/mol. The highest BCUT2D eigenvalue weighted by Crippen LogP contribution is 2.43. The molecule has 0 unspecified atom stereocenters. The van der Waals surface area contributed by atoms with Crippen LogP contribution in [0.5, 0.6) is 0 Å². The molecular formula is C10H2Cl6. The summed E-state index contributed by atoms with van der Waals surface area (Å²) in [5.74, 6) is 0. The van der Waals surface area contributed by atoms with Gasteiger partial charge in [-0.25, -0.2) is 0 Å². The van der Waals surface area contributed by atoms with Crippen molar-refractivity contribution in [1.82, 2.24) is 0 Å². The molecule has 0 saturated carbocycles. The fraction of sp³-hybridized carbons (Fsp3) is 0. The maximum absolute atomic E-state index is 6.05. The minimum Gasteiger partial charge on any atom is -0.0826 e. The number of rotatable bonds is 0. The van der Waals surface area contributed by atoms with Crippen molar-refractivity contribution in [3.63, 3.8) is 0 Å². The van der Waals surface area contributed by atoms with E-state index < -0.39 is 0 Å². The normalized spacial score (nSPS) is 11.1. The summed E-state index contributed by atoms with van der Waals surface area (Å²) < 4.78 is 0. The molecule has 0 heterocycles. The molecule has 2 rings (SSSR count). The van der Waals surface area contributed by atoms with E-state index in [0.717, 1.165) is 0 Å². The van der Waals surface area contributed by atoms with Crippen molar-refractivity contribution in [2.24, 2.45) is 0 Å². The van der Waals surface area contributed by atoms with Crippen LogP contribution in [0.1, 0.15) is 0 Å². The molecule has 0 radical (unpaired) electrons. The van der Waals surface area contributed by atoms with Crippen LogP contribution in [0.3, 0.4) is 0 Å². The van der Waals surface area contributed by atoms with Crippen molar-refractivity contribution >= 4 is 80.4 Å². The lowest BCUT2D eigenvalue weighted by molar-refractivity contribution is 1.73.